The number of nitrogens with zero attached hydrogens (tertiary/aromatic N) is 3. The molecule has 7 nitrogen and oxygen atoms in total. The molecule has 0 radical (unpaired) electrons. The number of fused-ring (bicyclic) bond motifs is 2. The monoisotopic (exact) mass is 336 g/mol. The van der Waals surface area contributed by atoms with Crippen LogP contribution in [0.5, 0.6) is 5.88 Å². The topological polar surface area (TPSA) is 99.9 Å². The summed E-state index contributed by atoms with van der Waals surface area (Å²) < 4.78 is 5.71. The maximum atomic E-state index is 10.1. The van der Waals surface area contributed by atoms with Gasteiger partial charge < -0.3 is 14.9 Å². The smallest absolute Gasteiger partial charge is 0.243 e. The number of para-hydroxylation sites is 3. The number of aliphatic hydroxyl groups excluding tert-OH is 2. The second-order valence-electron chi connectivity index (χ2n) is 5.63. The van der Waals surface area contributed by atoms with Gasteiger partial charge in [-0.15, -0.1) is 0 Å². The molecule has 3 aromatic rings. The summed E-state index contributed by atoms with van der Waals surface area (Å²) in [7, 11) is 0. The minimum atomic E-state index is -1.13. The highest BCUT2D eigenvalue weighted by molar-refractivity contribution is 6.08. The van der Waals surface area contributed by atoms with Crippen molar-refractivity contribution in [2.45, 2.75) is 12.2 Å². The first-order valence-corrected chi connectivity index (χ1v) is 7.87. The fourth-order valence-electron chi connectivity index (χ4n) is 2.65. The third-order valence-corrected chi connectivity index (χ3v) is 3.91. The molecule has 1 aliphatic rings. The van der Waals surface area contributed by atoms with Crippen molar-refractivity contribution in [2.75, 3.05) is 12.0 Å². The van der Waals surface area contributed by atoms with Crippen molar-refractivity contribution in [3.8, 4) is 5.88 Å². The van der Waals surface area contributed by atoms with Crippen molar-refractivity contribution in [3.05, 3.63) is 60.3 Å². The number of rotatable bonds is 4. The highest BCUT2D eigenvalue weighted by Gasteiger charge is 2.38. The molecular formula is C18H16N4O3. The summed E-state index contributed by atoms with van der Waals surface area (Å²) >= 11 is 0. The van der Waals surface area contributed by atoms with Crippen LogP contribution in [0, 0.1) is 0 Å². The van der Waals surface area contributed by atoms with Crippen LogP contribution < -0.4 is 10.2 Å². The lowest BCUT2D eigenvalue weighted by Crippen LogP contribution is -2.38. The molecule has 1 aliphatic heterocycles. The normalized spacial score (nSPS) is 18.8. The molecule has 25 heavy (non-hydrogen) atoms. The Balaban J connectivity index is 1.77. The number of hydrogen-bond acceptors (Lipinski definition) is 7. The summed E-state index contributed by atoms with van der Waals surface area (Å²) in [6, 6.07) is 16.8. The standard InChI is InChI=1S/C18H16N4O3/c23-10-14(24)17-15(22-21-11-6-2-1-3-7-11)16-18(25-17)20-13-9-5-4-8-12(13)19-16/h1-9,14,17,21,23-24H,10H2. The number of hydrogen-bond donors (Lipinski definition) is 3. The Morgan fingerprint density at radius 1 is 1.04 bits per heavy atom. The van der Waals surface area contributed by atoms with Gasteiger partial charge >= 0.3 is 0 Å². The summed E-state index contributed by atoms with van der Waals surface area (Å²) in [4.78, 5) is 9.01. The van der Waals surface area contributed by atoms with Crippen molar-refractivity contribution in [2.24, 2.45) is 5.10 Å². The van der Waals surface area contributed by atoms with E-state index in [1.165, 1.54) is 0 Å². The van der Waals surface area contributed by atoms with Crippen LogP contribution in [0.4, 0.5) is 5.69 Å². The SMILES string of the molecule is OCC(O)C1Oc2nc3ccccc3nc2C1=NNc1ccccc1. The highest BCUT2D eigenvalue weighted by Crippen LogP contribution is 2.29. The van der Waals surface area contributed by atoms with Crippen molar-refractivity contribution >= 4 is 22.4 Å². The Kier molecular flexibility index (Phi) is 4.01. The predicted molar refractivity (Wildman–Crippen MR) is 93.6 cm³/mol. The first kappa shape index (κ1) is 15.5. The van der Waals surface area contributed by atoms with Crippen LogP contribution in [0.3, 0.4) is 0 Å². The average Bonchev–Trinajstić information content (AvgIpc) is 3.02. The first-order valence-electron chi connectivity index (χ1n) is 7.87. The van der Waals surface area contributed by atoms with E-state index >= 15 is 0 Å². The van der Waals surface area contributed by atoms with Crippen LogP contribution in [0.25, 0.3) is 11.0 Å². The lowest BCUT2D eigenvalue weighted by molar-refractivity contribution is 0.0321. The molecule has 0 fully saturated rings. The van der Waals surface area contributed by atoms with E-state index in [0.717, 1.165) is 5.69 Å². The molecule has 0 bridgehead atoms. The Labute approximate surface area is 143 Å². The number of nitrogens with one attached hydrogen (secondary N) is 1. The molecule has 2 aromatic carbocycles. The zero-order valence-corrected chi connectivity index (χ0v) is 13.2. The van der Waals surface area contributed by atoms with Gasteiger partial charge in [-0.2, -0.15) is 5.10 Å². The summed E-state index contributed by atoms with van der Waals surface area (Å²) in [6.45, 7) is -0.456. The van der Waals surface area contributed by atoms with Crippen LogP contribution in [-0.2, 0) is 0 Å². The van der Waals surface area contributed by atoms with Crippen LogP contribution in [0.1, 0.15) is 5.69 Å². The van der Waals surface area contributed by atoms with Crippen LogP contribution in [0.2, 0.25) is 0 Å². The Bertz CT molecular complexity index is 930. The van der Waals surface area contributed by atoms with Crippen LogP contribution in [-0.4, -0.2) is 44.7 Å². The minimum Gasteiger partial charge on any atom is -0.463 e. The lowest BCUT2D eigenvalue weighted by Gasteiger charge is -2.15. The van der Waals surface area contributed by atoms with Crippen LogP contribution >= 0.6 is 0 Å². The third-order valence-electron chi connectivity index (χ3n) is 3.91. The summed E-state index contributed by atoms with van der Waals surface area (Å²) in [5, 5.41) is 23.8. The predicted octanol–water partition coefficient (Wildman–Crippen LogP) is 1.56. The maximum Gasteiger partial charge on any atom is 0.243 e. The van der Waals surface area contributed by atoms with Gasteiger partial charge in [0.05, 0.1) is 23.3 Å². The zero-order chi connectivity index (χ0) is 17.2. The molecule has 0 amide bonds. The van der Waals surface area contributed by atoms with Gasteiger partial charge in [-0.05, 0) is 24.3 Å². The average molecular weight is 336 g/mol. The minimum absolute atomic E-state index is 0.296. The van der Waals surface area contributed by atoms with Gasteiger partial charge in [0.25, 0.3) is 0 Å². The second kappa shape index (κ2) is 6.46. The van der Waals surface area contributed by atoms with Crippen molar-refractivity contribution in [1.82, 2.24) is 9.97 Å². The number of aromatic nitrogens is 2. The fourth-order valence-corrected chi connectivity index (χ4v) is 2.65. The van der Waals surface area contributed by atoms with E-state index in [0.29, 0.717) is 28.3 Å². The molecule has 0 spiro atoms. The summed E-state index contributed by atoms with van der Waals surface area (Å²) in [6.07, 6.45) is -1.97. The number of anilines is 1. The molecule has 0 saturated heterocycles. The number of hydrazone groups is 1. The Morgan fingerprint density at radius 2 is 1.72 bits per heavy atom. The quantitative estimate of drug-likeness (QED) is 0.625. The van der Waals surface area contributed by atoms with Gasteiger partial charge in [-0.1, -0.05) is 30.3 Å². The number of aliphatic hydroxyl groups is 2. The molecule has 2 atom stereocenters. The zero-order valence-electron chi connectivity index (χ0n) is 13.2. The lowest BCUT2D eigenvalue weighted by atomic mass is 10.1. The van der Waals surface area contributed by atoms with Gasteiger partial charge in [-0.25, -0.2) is 9.97 Å². The largest absolute Gasteiger partial charge is 0.463 e. The van der Waals surface area contributed by atoms with Crippen molar-refractivity contribution < 1.29 is 14.9 Å². The number of ether oxygens (including phenoxy) is 1. The van der Waals surface area contributed by atoms with Gasteiger partial charge in [0.2, 0.25) is 5.88 Å². The molecule has 2 unspecified atom stereocenters. The van der Waals surface area contributed by atoms with E-state index < -0.39 is 18.8 Å². The molecule has 4 rings (SSSR count). The van der Waals surface area contributed by atoms with Crippen molar-refractivity contribution in [1.29, 1.82) is 0 Å². The molecular weight excluding hydrogens is 320 g/mol. The Hall–Kier alpha value is -3.03. The van der Waals surface area contributed by atoms with E-state index in [2.05, 4.69) is 20.5 Å². The summed E-state index contributed by atoms with van der Waals surface area (Å²) in [5.41, 5.74) is 5.97. The molecule has 3 N–H and O–H groups in total. The second-order valence-corrected chi connectivity index (χ2v) is 5.63. The molecule has 1 aromatic heterocycles. The molecule has 0 aliphatic carbocycles. The van der Waals surface area contributed by atoms with Gasteiger partial charge in [0, 0.05) is 0 Å². The third kappa shape index (κ3) is 2.90. The summed E-state index contributed by atoms with van der Waals surface area (Å²) in [5.74, 6) is 0.296. The van der Waals surface area contributed by atoms with Gasteiger partial charge in [-0.3, -0.25) is 5.43 Å². The van der Waals surface area contributed by atoms with E-state index in [1.807, 2.05) is 54.6 Å². The Morgan fingerprint density at radius 3 is 2.44 bits per heavy atom. The van der Waals surface area contributed by atoms with E-state index in [-0.39, 0.29) is 0 Å². The molecule has 0 saturated carbocycles. The van der Waals surface area contributed by atoms with Crippen LogP contribution in [0.15, 0.2) is 59.7 Å². The highest BCUT2D eigenvalue weighted by atomic mass is 16.5. The number of benzene rings is 2. The fraction of sp³-hybridized carbons (Fsp3) is 0.167. The molecule has 7 heteroatoms. The first-order chi connectivity index (χ1) is 12.3. The van der Waals surface area contributed by atoms with E-state index in [4.69, 9.17) is 4.74 Å². The van der Waals surface area contributed by atoms with Gasteiger partial charge in [0.1, 0.15) is 11.8 Å². The maximum absolute atomic E-state index is 10.1. The van der Waals surface area contributed by atoms with Gasteiger partial charge in [0.15, 0.2) is 11.8 Å². The molecule has 126 valence electrons. The van der Waals surface area contributed by atoms with E-state index in [1.54, 1.807) is 0 Å². The van der Waals surface area contributed by atoms with E-state index in [9.17, 15) is 10.2 Å². The van der Waals surface area contributed by atoms with Crippen molar-refractivity contribution in [3.63, 3.8) is 0 Å². The molecule has 2 heterocycles.